The SMILES string of the molecule is Nc1ccc(NC(=O)/C=C/c2ccc(-c3ccc(F)cc3)o2)c(Br)c1. The molecule has 4 nitrogen and oxygen atoms in total. The number of nitrogens with two attached hydrogens (primary N) is 1. The molecule has 2 aromatic carbocycles. The van der Waals surface area contributed by atoms with Gasteiger partial charge in [-0.3, -0.25) is 4.79 Å². The average Bonchev–Trinajstić information content (AvgIpc) is 3.05. The van der Waals surface area contributed by atoms with E-state index < -0.39 is 0 Å². The van der Waals surface area contributed by atoms with Crippen molar-refractivity contribution in [2.24, 2.45) is 0 Å². The van der Waals surface area contributed by atoms with Crippen LogP contribution < -0.4 is 11.1 Å². The molecule has 0 spiro atoms. The van der Waals surface area contributed by atoms with Gasteiger partial charge in [0.15, 0.2) is 0 Å². The van der Waals surface area contributed by atoms with Crippen LogP contribution in [0.5, 0.6) is 0 Å². The molecule has 0 aliphatic carbocycles. The second-order valence-electron chi connectivity index (χ2n) is 5.27. The van der Waals surface area contributed by atoms with Gasteiger partial charge in [-0.2, -0.15) is 0 Å². The Kier molecular flexibility index (Phi) is 5.00. The minimum atomic E-state index is -0.305. The summed E-state index contributed by atoms with van der Waals surface area (Å²) >= 11 is 3.34. The molecule has 0 fully saturated rings. The number of nitrogens with one attached hydrogen (secondary N) is 1. The monoisotopic (exact) mass is 400 g/mol. The highest BCUT2D eigenvalue weighted by Crippen LogP contribution is 2.25. The molecule has 25 heavy (non-hydrogen) atoms. The Hall–Kier alpha value is -2.86. The fourth-order valence-corrected chi connectivity index (χ4v) is 2.67. The minimum Gasteiger partial charge on any atom is -0.457 e. The second kappa shape index (κ2) is 7.36. The van der Waals surface area contributed by atoms with Crippen LogP contribution in [-0.4, -0.2) is 5.91 Å². The number of carbonyl (C=O) groups is 1. The Bertz CT molecular complexity index is 933. The summed E-state index contributed by atoms with van der Waals surface area (Å²) in [5.74, 6) is 0.512. The average molecular weight is 401 g/mol. The van der Waals surface area contributed by atoms with Crippen LogP contribution in [0.4, 0.5) is 15.8 Å². The third kappa shape index (κ3) is 4.36. The number of halogens is 2. The lowest BCUT2D eigenvalue weighted by molar-refractivity contribution is -0.111. The molecule has 0 unspecified atom stereocenters. The van der Waals surface area contributed by atoms with Gasteiger partial charge in [0.25, 0.3) is 0 Å². The van der Waals surface area contributed by atoms with Gasteiger partial charge in [-0.1, -0.05) is 0 Å². The van der Waals surface area contributed by atoms with Crippen LogP contribution in [0.3, 0.4) is 0 Å². The van der Waals surface area contributed by atoms with Crippen molar-refractivity contribution in [3.8, 4) is 11.3 Å². The lowest BCUT2D eigenvalue weighted by atomic mass is 10.2. The number of rotatable bonds is 4. The smallest absolute Gasteiger partial charge is 0.248 e. The Morgan fingerprint density at radius 3 is 2.60 bits per heavy atom. The molecular formula is C19H14BrFN2O2. The predicted octanol–water partition coefficient (Wildman–Crippen LogP) is 5.08. The lowest BCUT2D eigenvalue weighted by Crippen LogP contribution is -2.08. The number of hydrogen-bond acceptors (Lipinski definition) is 3. The third-order valence-electron chi connectivity index (χ3n) is 3.41. The van der Waals surface area contributed by atoms with Crippen LogP contribution in [0.25, 0.3) is 17.4 Å². The molecule has 0 aliphatic heterocycles. The molecule has 126 valence electrons. The highest BCUT2D eigenvalue weighted by atomic mass is 79.9. The van der Waals surface area contributed by atoms with Crippen molar-refractivity contribution in [2.45, 2.75) is 0 Å². The van der Waals surface area contributed by atoms with Gasteiger partial charge < -0.3 is 15.5 Å². The van der Waals surface area contributed by atoms with Crippen LogP contribution >= 0.6 is 15.9 Å². The fourth-order valence-electron chi connectivity index (χ4n) is 2.18. The normalized spacial score (nSPS) is 11.0. The van der Waals surface area contributed by atoms with E-state index in [1.54, 1.807) is 48.5 Å². The molecule has 0 saturated carbocycles. The molecule has 3 rings (SSSR count). The number of hydrogen-bond donors (Lipinski definition) is 2. The summed E-state index contributed by atoms with van der Waals surface area (Å²) in [4.78, 5) is 12.0. The van der Waals surface area contributed by atoms with Gasteiger partial charge in [0.1, 0.15) is 17.3 Å². The Balaban J connectivity index is 1.67. The van der Waals surface area contributed by atoms with E-state index in [1.165, 1.54) is 18.2 Å². The van der Waals surface area contributed by atoms with E-state index in [4.69, 9.17) is 10.2 Å². The van der Waals surface area contributed by atoms with Crippen molar-refractivity contribution in [3.05, 3.63) is 76.7 Å². The van der Waals surface area contributed by atoms with Crippen molar-refractivity contribution in [1.29, 1.82) is 0 Å². The summed E-state index contributed by atoms with van der Waals surface area (Å²) in [6.07, 6.45) is 2.93. The maximum absolute atomic E-state index is 13.0. The zero-order chi connectivity index (χ0) is 17.8. The van der Waals surface area contributed by atoms with Gasteiger partial charge in [-0.05, 0) is 76.6 Å². The summed E-state index contributed by atoms with van der Waals surface area (Å²) in [5, 5.41) is 2.74. The van der Waals surface area contributed by atoms with Gasteiger partial charge in [0.05, 0.1) is 5.69 Å². The highest BCUT2D eigenvalue weighted by Gasteiger charge is 2.05. The van der Waals surface area contributed by atoms with Gasteiger partial charge in [0, 0.05) is 21.8 Å². The first-order chi connectivity index (χ1) is 12.0. The topological polar surface area (TPSA) is 68.3 Å². The van der Waals surface area contributed by atoms with E-state index in [0.29, 0.717) is 27.4 Å². The van der Waals surface area contributed by atoms with Crippen LogP contribution in [0.2, 0.25) is 0 Å². The van der Waals surface area contributed by atoms with Crippen LogP contribution in [0, 0.1) is 5.82 Å². The Labute approximate surface area is 152 Å². The molecule has 0 atom stereocenters. The van der Waals surface area contributed by atoms with Gasteiger partial charge >= 0.3 is 0 Å². The van der Waals surface area contributed by atoms with Crippen LogP contribution in [0.1, 0.15) is 5.76 Å². The first-order valence-electron chi connectivity index (χ1n) is 7.41. The zero-order valence-corrected chi connectivity index (χ0v) is 14.6. The first kappa shape index (κ1) is 17.0. The molecule has 3 N–H and O–H groups in total. The highest BCUT2D eigenvalue weighted by molar-refractivity contribution is 9.10. The van der Waals surface area contributed by atoms with Gasteiger partial charge in [-0.25, -0.2) is 4.39 Å². The zero-order valence-electron chi connectivity index (χ0n) is 13.0. The number of amides is 1. The molecular weight excluding hydrogens is 387 g/mol. The lowest BCUT2D eigenvalue weighted by Gasteiger charge is -2.05. The van der Waals surface area contributed by atoms with E-state index in [2.05, 4.69) is 21.2 Å². The van der Waals surface area contributed by atoms with Gasteiger partial charge in [-0.15, -0.1) is 0 Å². The van der Waals surface area contributed by atoms with E-state index in [1.807, 2.05) is 0 Å². The van der Waals surface area contributed by atoms with Crippen molar-refractivity contribution in [2.75, 3.05) is 11.1 Å². The van der Waals surface area contributed by atoms with E-state index in [9.17, 15) is 9.18 Å². The van der Waals surface area contributed by atoms with E-state index >= 15 is 0 Å². The summed E-state index contributed by atoms with van der Waals surface area (Å²) in [7, 11) is 0. The van der Waals surface area contributed by atoms with Crippen molar-refractivity contribution >= 4 is 39.3 Å². The van der Waals surface area contributed by atoms with Crippen molar-refractivity contribution in [3.63, 3.8) is 0 Å². The number of anilines is 2. The molecule has 0 bridgehead atoms. The number of carbonyl (C=O) groups excluding carboxylic acids is 1. The third-order valence-corrected chi connectivity index (χ3v) is 4.06. The quantitative estimate of drug-likeness (QED) is 0.473. The first-order valence-corrected chi connectivity index (χ1v) is 8.20. The second-order valence-corrected chi connectivity index (χ2v) is 6.13. The van der Waals surface area contributed by atoms with Crippen molar-refractivity contribution < 1.29 is 13.6 Å². The Morgan fingerprint density at radius 1 is 1.12 bits per heavy atom. The van der Waals surface area contributed by atoms with E-state index in [-0.39, 0.29) is 11.7 Å². The van der Waals surface area contributed by atoms with Crippen LogP contribution in [-0.2, 0) is 4.79 Å². The summed E-state index contributed by atoms with van der Waals surface area (Å²) < 4.78 is 19.3. The molecule has 0 radical (unpaired) electrons. The molecule has 6 heteroatoms. The molecule has 1 amide bonds. The Morgan fingerprint density at radius 2 is 1.88 bits per heavy atom. The summed E-state index contributed by atoms with van der Waals surface area (Å²) in [6, 6.07) is 14.6. The van der Waals surface area contributed by atoms with Crippen molar-refractivity contribution in [1.82, 2.24) is 0 Å². The number of furan rings is 1. The van der Waals surface area contributed by atoms with Crippen LogP contribution in [0.15, 0.2) is 69.6 Å². The number of nitrogen functional groups attached to an aromatic ring is 1. The number of benzene rings is 2. The summed E-state index contributed by atoms with van der Waals surface area (Å²) in [5.41, 5.74) is 7.64. The molecule has 0 aliphatic rings. The summed E-state index contributed by atoms with van der Waals surface area (Å²) in [6.45, 7) is 0. The maximum Gasteiger partial charge on any atom is 0.248 e. The minimum absolute atomic E-state index is 0.301. The predicted molar refractivity (Wildman–Crippen MR) is 100 cm³/mol. The fraction of sp³-hybridized carbons (Fsp3) is 0. The van der Waals surface area contributed by atoms with Gasteiger partial charge in [0.2, 0.25) is 5.91 Å². The molecule has 1 heterocycles. The van der Waals surface area contributed by atoms with E-state index in [0.717, 1.165) is 5.56 Å². The maximum atomic E-state index is 13.0. The largest absolute Gasteiger partial charge is 0.457 e. The molecule has 0 saturated heterocycles. The standard InChI is InChI=1S/C19H14BrFN2O2/c20-16-11-14(22)5-8-17(16)23-19(24)10-7-15-6-9-18(25-15)12-1-3-13(21)4-2-12/h1-11H,22H2,(H,23,24)/b10-7+. The molecule has 1 aromatic heterocycles. The molecule has 3 aromatic rings.